The first-order valence-corrected chi connectivity index (χ1v) is 3.80. The highest BCUT2D eigenvalue weighted by Crippen LogP contribution is 2.12. The Morgan fingerprint density at radius 1 is 1.33 bits per heavy atom. The van der Waals surface area contributed by atoms with Gasteiger partial charge in [-0.2, -0.15) is 0 Å². The monoisotopic (exact) mass is 159 g/mol. The molecule has 2 aliphatic heterocycles. The van der Waals surface area contributed by atoms with Crippen LogP contribution in [0.3, 0.4) is 0 Å². The van der Waals surface area contributed by atoms with Crippen molar-refractivity contribution in [1.29, 1.82) is 0 Å². The molecule has 0 amide bonds. The van der Waals surface area contributed by atoms with E-state index in [1.165, 1.54) is 0 Å². The number of nitrogens with zero attached hydrogens (tertiary/aromatic N) is 2. The summed E-state index contributed by atoms with van der Waals surface area (Å²) in [7, 11) is 0. The summed E-state index contributed by atoms with van der Waals surface area (Å²) < 4.78 is 0. The first kappa shape index (κ1) is 7.03. The van der Waals surface area contributed by atoms with E-state index < -0.39 is 0 Å². The van der Waals surface area contributed by atoms with E-state index in [0.717, 1.165) is 17.2 Å². The lowest BCUT2D eigenvalue weighted by Gasteiger charge is -2.04. The summed E-state index contributed by atoms with van der Waals surface area (Å²) in [5.41, 5.74) is 1.90. The largest absolute Gasteiger partial charge is 0.359 e. The number of aliphatic imine (C=N–C) groups is 2. The molecule has 60 valence electrons. The van der Waals surface area contributed by atoms with Crippen LogP contribution in [0.2, 0.25) is 0 Å². The molecule has 2 rings (SSSR count). The van der Waals surface area contributed by atoms with Gasteiger partial charge < -0.3 is 5.32 Å². The second-order valence-electron chi connectivity index (χ2n) is 2.61. The van der Waals surface area contributed by atoms with Crippen LogP contribution in [0.1, 0.15) is 6.92 Å². The minimum Gasteiger partial charge on any atom is -0.359 e. The lowest BCUT2D eigenvalue weighted by atomic mass is 10.3. The van der Waals surface area contributed by atoms with Crippen LogP contribution in [0.25, 0.3) is 0 Å². The average Bonchev–Trinajstić information content (AvgIpc) is 2.54. The van der Waals surface area contributed by atoms with Crippen molar-refractivity contribution in [2.24, 2.45) is 9.98 Å². The Balaban J connectivity index is 2.34. The third kappa shape index (κ3) is 1.21. The standard InChI is InChI=1S/C9H9N3/c1-7-6-11-9(12-7)8-4-2-3-5-10-8/h2-6,10H,1H3. The third-order valence-electron chi connectivity index (χ3n) is 1.61. The lowest BCUT2D eigenvalue weighted by molar-refractivity contribution is 1.03. The zero-order valence-electron chi connectivity index (χ0n) is 6.78. The van der Waals surface area contributed by atoms with E-state index in [2.05, 4.69) is 15.3 Å². The first-order chi connectivity index (χ1) is 5.86. The molecule has 0 spiro atoms. The van der Waals surface area contributed by atoms with Gasteiger partial charge in [-0.15, -0.1) is 0 Å². The SMILES string of the molecule is CC1=NC(=C2C=CC=CN2)N=C1. The van der Waals surface area contributed by atoms with Crippen molar-refractivity contribution in [1.82, 2.24) is 5.32 Å². The van der Waals surface area contributed by atoms with Crippen molar-refractivity contribution in [3.8, 4) is 0 Å². The number of hydrogen-bond donors (Lipinski definition) is 1. The van der Waals surface area contributed by atoms with Crippen LogP contribution in [0.5, 0.6) is 0 Å². The highest BCUT2D eigenvalue weighted by Gasteiger charge is 2.06. The van der Waals surface area contributed by atoms with E-state index in [9.17, 15) is 0 Å². The van der Waals surface area contributed by atoms with Gasteiger partial charge in [0.1, 0.15) is 0 Å². The topological polar surface area (TPSA) is 36.8 Å². The Bertz CT molecular complexity index is 343. The van der Waals surface area contributed by atoms with E-state index >= 15 is 0 Å². The van der Waals surface area contributed by atoms with Gasteiger partial charge in [0.25, 0.3) is 0 Å². The van der Waals surface area contributed by atoms with Crippen molar-refractivity contribution in [3.63, 3.8) is 0 Å². The quantitative estimate of drug-likeness (QED) is 0.569. The maximum Gasteiger partial charge on any atom is 0.176 e. The molecular weight excluding hydrogens is 150 g/mol. The highest BCUT2D eigenvalue weighted by atomic mass is 15.0. The molecule has 1 N–H and O–H groups in total. The van der Waals surface area contributed by atoms with E-state index in [4.69, 9.17) is 0 Å². The predicted octanol–water partition coefficient (Wildman–Crippen LogP) is 1.37. The molecule has 0 atom stereocenters. The zero-order chi connectivity index (χ0) is 8.39. The van der Waals surface area contributed by atoms with Crippen LogP contribution in [0, 0.1) is 0 Å². The first-order valence-electron chi connectivity index (χ1n) is 3.80. The van der Waals surface area contributed by atoms with Crippen LogP contribution in [-0.2, 0) is 0 Å². The number of dihydropyridines is 1. The van der Waals surface area contributed by atoms with E-state index in [-0.39, 0.29) is 0 Å². The molecular formula is C9H9N3. The molecule has 2 heterocycles. The maximum atomic E-state index is 4.24. The van der Waals surface area contributed by atoms with Crippen molar-refractivity contribution in [2.45, 2.75) is 6.92 Å². The van der Waals surface area contributed by atoms with Crippen molar-refractivity contribution < 1.29 is 0 Å². The number of rotatable bonds is 0. The highest BCUT2D eigenvalue weighted by molar-refractivity contribution is 6.31. The predicted molar refractivity (Wildman–Crippen MR) is 50.0 cm³/mol. The summed E-state index contributed by atoms with van der Waals surface area (Å²) in [5, 5.41) is 3.07. The molecule has 0 bridgehead atoms. The summed E-state index contributed by atoms with van der Waals surface area (Å²) >= 11 is 0. The van der Waals surface area contributed by atoms with E-state index in [1.807, 2.05) is 31.4 Å². The van der Waals surface area contributed by atoms with Gasteiger partial charge in [-0.1, -0.05) is 6.08 Å². The number of allylic oxidation sites excluding steroid dienone is 3. The Hall–Kier alpha value is -1.64. The summed E-state index contributed by atoms with van der Waals surface area (Å²) in [4.78, 5) is 8.38. The molecule has 3 heteroatoms. The van der Waals surface area contributed by atoms with Gasteiger partial charge in [-0.25, -0.2) is 9.98 Å². The van der Waals surface area contributed by atoms with Gasteiger partial charge in [0.15, 0.2) is 5.82 Å². The molecule has 12 heavy (non-hydrogen) atoms. The van der Waals surface area contributed by atoms with Gasteiger partial charge in [-0.3, -0.25) is 0 Å². The maximum absolute atomic E-state index is 4.24. The molecule has 0 unspecified atom stereocenters. The summed E-state index contributed by atoms with van der Waals surface area (Å²) in [6.45, 7) is 1.93. The zero-order valence-corrected chi connectivity index (χ0v) is 6.78. The minimum absolute atomic E-state index is 0.758. The molecule has 0 saturated carbocycles. The van der Waals surface area contributed by atoms with Gasteiger partial charge in [0.05, 0.1) is 17.6 Å². The van der Waals surface area contributed by atoms with Crippen molar-refractivity contribution >= 4 is 11.9 Å². The number of hydrogen-bond acceptors (Lipinski definition) is 3. The lowest BCUT2D eigenvalue weighted by Crippen LogP contribution is -2.06. The molecule has 3 nitrogen and oxygen atoms in total. The van der Waals surface area contributed by atoms with Crippen molar-refractivity contribution in [2.75, 3.05) is 0 Å². The second-order valence-corrected chi connectivity index (χ2v) is 2.61. The normalized spacial score (nSPS) is 25.9. The summed E-state index contributed by atoms with van der Waals surface area (Å²) in [6, 6.07) is 0. The Labute approximate surface area is 70.9 Å². The van der Waals surface area contributed by atoms with Crippen LogP contribution in [0.4, 0.5) is 0 Å². The minimum atomic E-state index is 0.758. The van der Waals surface area contributed by atoms with Crippen LogP contribution >= 0.6 is 0 Å². The second kappa shape index (κ2) is 2.77. The van der Waals surface area contributed by atoms with Gasteiger partial charge in [0.2, 0.25) is 0 Å². The molecule has 0 fully saturated rings. The van der Waals surface area contributed by atoms with E-state index in [0.29, 0.717) is 0 Å². The average molecular weight is 159 g/mol. The fourth-order valence-electron chi connectivity index (χ4n) is 1.04. The molecule has 0 aromatic rings. The molecule has 0 aromatic carbocycles. The Kier molecular flexibility index (Phi) is 1.63. The fourth-order valence-corrected chi connectivity index (χ4v) is 1.04. The summed E-state index contributed by atoms with van der Waals surface area (Å²) in [5.74, 6) is 0.758. The Morgan fingerprint density at radius 2 is 2.25 bits per heavy atom. The van der Waals surface area contributed by atoms with Gasteiger partial charge in [0, 0.05) is 6.20 Å². The van der Waals surface area contributed by atoms with E-state index in [1.54, 1.807) is 6.21 Å². The van der Waals surface area contributed by atoms with Gasteiger partial charge in [-0.05, 0) is 19.1 Å². The van der Waals surface area contributed by atoms with Crippen LogP contribution < -0.4 is 5.32 Å². The smallest absolute Gasteiger partial charge is 0.176 e. The van der Waals surface area contributed by atoms with Crippen LogP contribution in [-0.4, -0.2) is 11.9 Å². The van der Waals surface area contributed by atoms with Gasteiger partial charge >= 0.3 is 0 Å². The van der Waals surface area contributed by atoms with Crippen molar-refractivity contribution in [3.05, 3.63) is 35.9 Å². The Morgan fingerprint density at radius 3 is 2.83 bits per heavy atom. The molecule has 0 aliphatic carbocycles. The third-order valence-corrected chi connectivity index (χ3v) is 1.61. The molecule has 0 radical (unpaired) electrons. The molecule has 0 saturated heterocycles. The molecule has 0 aromatic heterocycles. The number of nitrogens with one attached hydrogen (secondary N) is 1. The fraction of sp³-hybridized carbons (Fsp3) is 0.111. The summed E-state index contributed by atoms with van der Waals surface area (Å²) in [6.07, 6.45) is 9.46. The van der Waals surface area contributed by atoms with Crippen LogP contribution in [0.15, 0.2) is 45.9 Å². The molecule has 2 aliphatic rings.